The Balaban J connectivity index is 2.82. The highest BCUT2D eigenvalue weighted by Crippen LogP contribution is 1.91. The smallest absolute Gasteiger partial charge is 0.328 e. The van der Waals surface area contributed by atoms with Crippen molar-refractivity contribution in [2.75, 3.05) is 6.61 Å². The number of aromatic nitrogens is 2. The fraction of sp³-hybridized carbons (Fsp3) is 0.556. The van der Waals surface area contributed by atoms with Gasteiger partial charge < -0.3 is 9.67 Å². The second-order valence-electron chi connectivity index (χ2n) is 3.20. The van der Waals surface area contributed by atoms with Crippen molar-refractivity contribution in [1.82, 2.24) is 9.55 Å². The lowest BCUT2D eigenvalue weighted by Gasteiger charge is -2.04. The third-order valence-corrected chi connectivity index (χ3v) is 2.00. The molecule has 0 aliphatic heterocycles. The van der Waals surface area contributed by atoms with Gasteiger partial charge in [-0.25, -0.2) is 4.79 Å². The SMILES string of the molecule is Cc1cn(CCCCO)c(=O)[nH]c1=O. The molecule has 1 aromatic heterocycles. The zero-order valence-electron chi connectivity index (χ0n) is 8.12. The topological polar surface area (TPSA) is 75.1 Å². The van der Waals surface area contributed by atoms with Gasteiger partial charge in [-0.3, -0.25) is 9.78 Å². The number of rotatable bonds is 4. The molecule has 0 saturated heterocycles. The van der Waals surface area contributed by atoms with E-state index < -0.39 is 5.69 Å². The van der Waals surface area contributed by atoms with Crippen LogP contribution in [0.4, 0.5) is 0 Å². The maximum atomic E-state index is 11.2. The second kappa shape index (κ2) is 4.76. The maximum absolute atomic E-state index is 11.2. The molecule has 0 saturated carbocycles. The molecule has 14 heavy (non-hydrogen) atoms. The summed E-state index contributed by atoms with van der Waals surface area (Å²) in [7, 11) is 0. The van der Waals surface area contributed by atoms with Gasteiger partial charge >= 0.3 is 5.69 Å². The highest BCUT2D eigenvalue weighted by molar-refractivity contribution is 5.00. The van der Waals surface area contributed by atoms with E-state index in [1.165, 1.54) is 4.57 Å². The van der Waals surface area contributed by atoms with E-state index in [0.29, 0.717) is 18.5 Å². The number of unbranched alkanes of at least 4 members (excludes halogenated alkanes) is 1. The van der Waals surface area contributed by atoms with E-state index in [9.17, 15) is 9.59 Å². The number of nitrogens with one attached hydrogen (secondary N) is 1. The number of aryl methyl sites for hydroxylation is 2. The zero-order valence-corrected chi connectivity index (χ0v) is 8.12. The summed E-state index contributed by atoms with van der Waals surface area (Å²) in [5.41, 5.74) is -0.208. The van der Waals surface area contributed by atoms with E-state index in [-0.39, 0.29) is 12.2 Å². The van der Waals surface area contributed by atoms with Crippen molar-refractivity contribution in [3.8, 4) is 0 Å². The predicted molar refractivity (Wildman–Crippen MR) is 52.4 cm³/mol. The van der Waals surface area contributed by atoms with Crippen molar-refractivity contribution in [1.29, 1.82) is 0 Å². The number of H-pyrrole nitrogens is 1. The predicted octanol–water partition coefficient (Wildman–Crippen LogP) is -0.382. The Kier molecular flexibility index (Phi) is 3.64. The van der Waals surface area contributed by atoms with Crippen LogP contribution >= 0.6 is 0 Å². The van der Waals surface area contributed by atoms with Crippen LogP contribution in [0, 0.1) is 6.92 Å². The summed E-state index contributed by atoms with van der Waals surface area (Å²) in [6.45, 7) is 2.30. The molecule has 0 unspecified atom stereocenters. The van der Waals surface area contributed by atoms with Crippen LogP contribution < -0.4 is 11.2 Å². The molecule has 0 aliphatic rings. The highest BCUT2D eigenvalue weighted by Gasteiger charge is 1.99. The average Bonchev–Trinajstić information content (AvgIpc) is 2.14. The molecule has 0 aliphatic carbocycles. The van der Waals surface area contributed by atoms with Gasteiger partial charge in [-0.1, -0.05) is 0 Å². The van der Waals surface area contributed by atoms with Crippen LogP contribution in [-0.2, 0) is 6.54 Å². The molecule has 5 heteroatoms. The van der Waals surface area contributed by atoms with Crippen molar-refractivity contribution in [2.45, 2.75) is 26.3 Å². The molecule has 0 bridgehead atoms. The Morgan fingerprint density at radius 1 is 1.43 bits per heavy atom. The van der Waals surface area contributed by atoms with Crippen LogP contribution in [0.3, 0.4) is 0 Å². The van der Waals surface area contributed by atoms with Crippen LogP contribution in [0.25, 0.3) is 0 Å². The summed E-state index contributed by atoms with van der Waals surface area (Å²) in [6, 6.07) is 0. The Labute approximate surface area is 81.0 Å². The largest absolute Gasteiger partial charge is 0.396 e. The summed E-state index contributed by atoms with van der Waals surface area (Å²) >= 11 is 0. The Hall–Kier alpha value is -1.36. The normalized spacial score (nSPS) is 10.4. The van der Waals surface area contributed by atoms with Crippen molar-refractivity contribution in [3.63, 3.8) is 0 Å². The first-order valence-electron chi connectivity index (χ1n) is 4.56. The van der Waals surface area contributed by atoms with E-state index in [2.05, 4.69) is 4.98 Å². The van der Waals surface area contributed by atoms with E-state index >= 15 is 0 Å². The molecule has 0 atom stereocenters. The lowest BCUT2D eigenvalue weighted by Crippen LogP contribution is -2.30. The minimum absolute atomic E-state index is 0.122. The summed E-state index contributed by atoms with van der Waals surface area (Å²) in [5, 5.41) is 8.57. The molecule has 0 radical (unpaired) electrons. The fourth-order valence-electron chi connectivity index (χ4n) is 1.18. The van der Waals surface area contributed by atoms with Gasteiger partial charge in [-0.2, -0.15) is 0 Å². The van der Waals surface area contributed by atoms with Crippen LogP contribution in [0.15, 0.2) is 15.8 Å². The lowest BCUT2D eigenvalue weighted by atomic mass is 10.3. The summed E-state index contributed by atoms with van der Waals surface area (Å²) < 4.78 is 1.45. The van der Waals surface area contributed by atoms with Crippen molar-refractivity contribution in [3.05, 3.63) is 32.6 Å². The van der Waals surface area contributed by atoms with Crippen LogP contribution in [-0.4, -0.2) is 21.3 Å². The van der Waals surface area contributed by atoms with Gasteiger partial charge in [0.1, 0.15) is 0 Å². The minimum Gasteiger partial charge on any atom is -0.396 e. The molecule has 2 N–H and O–H groups in total. The standard InChI is InChI=1S/C9H14N2O3/c1-7-6-11(4-2-3-5-12)9(14)10-8(7)13/h6,12H,2-5H2,1H3,(H,10,13,14). The van der Waals surface area contributed by atoms with E-state index in [0.717, 1.165) is 6.42 Å². The zero-order chi connectivity index (χ0) is 10.6. The molecule has 0 aromatic carbocycles. The number of aliphatic hydroxyl groups excluding tert-OH is 1. The van der Waals surface area contributed by atoms with Crippen molar-refractivity contribution < 1.29 is 5.11 Å². The molecule has 0 spiro atoms. The lowest BCUT2D eigenvalue weighted by molar-refractivity contribution is 0.280. The molecule has 0 amide bonds. The first-order chi connectivity index (χ1) is 6.65. The highest BCUT2D eigenvalue weighted by atomic mass is 16.3. The first-order valence-corrected chi connectivity index (χ1v) is 4.56. The third kappa shape index (κ3) is 2.56. The molecule has 5 nitrogen and oxygen atoms in total. The van der Waals surface area contributed by atoms with Crippen LogP contribution in [0.2, 0.25) is 0 Å². The van der Waals surface area contributed by atoms with Gasteiger partial charge in [0, 0.05) is 24.9 Å². The Morgan fingerprint density at radius 3 is 2.79 bits per heavy atom. The number of hydrogen-bond donors (Lipinski definition) is 2. The average molecular weight is 198 g/mol. The monoisotopic (exact) mass is 198 g/mol. The van der Waals surface area contributed by atoms with Crippen molar-refractivity contribution in [2.24, 2.45) is 0 Å². The van der Waals surface area contributed by atoms with E-state index in [1.54, 1.807) is 13.1 Å². The Bertz CT molecular complexity index is 405. The number of hydrogen-bond acceptors (Lipinski definition) is 3. The van der Waals surface area contributed by atoms with Gasteiger partial charge in [0.25, 0.3) is 5.56 Å². The van der Waals surface area contributed by atoms with Gasteiger partial charge in [0.05, 0.1) is 0 Å². The number of aromatic amines is 1. The van der Waals surface area contributed by atoms with E-state index in [1.807, 2.05) is 0 Å². The molecular weight excluding hydrogens is 184 g/mol. The Morgan fingerprint density at radius 2 is 2.14 bits per heavy atom. The summed E-state index contributed by atoms with van der Waals surface area (Å²) in [4.78, 5) is 24.5. The fourth-order valence-corrected chi connectivity index (χ4v) is 1.18. The van der Waals surface area contributed by atoms with Gasteiger partial charge in [0.15, 0.2) is 0 Å². The number of nitrogens with zero attached hydrogens (tertiary/aromatic N) is 1. The van der Waals surface area contributed by atoms with Gasteiger partial charge in [-0.15, -0.1) is 0 Å². The summed E-state index contributed by atoms with van der Waals surface area (Å²) in [6.07, 6.45) is 2.92. The quantitative estimate of drug-likeness (QED) is 0.647. The summed E-state index contributed by atoms with van der Waals surface area (Å²) in [5.74, 6) is 0. The molecule has 1 heterocycles. The van der Waals surface area contributed by atoms with Crippen LogP contribution in [0.5, 0.6) is 0 Å². The maximum Gasteiger partial charge on any atom is 0.328 e. The molecule has 1 rings (SSSR count). The number of aliphatic hydroxyl groups is 1. The minimum atomic E-state index is -0.390. The van der Waals surface area contributed by atoms with Gasteiger partial charge in [-0.05, 0) is 19.8 Å². The van der Waals surface area contributed by atoms with Crippen LogP contribution in [0.1, 0.15) is 18.4 Å². The second-order valence-corrected chi connectivity index (χ2v) is 3.20. The molecular formula is C9H14N2O3. The molecule has 78 valence electrons. The van der Waals surface area contributed by atoms with E-state index in [4.69, 9.17) is 5.11 Å². The van der Waals surface area contributed by atoms with Crippen molar-refractivity contribution >= 4 is 0 Å². The molecule has 1 aromatic rings. The molecule has 0 fully saturated rings. The first kappa shape index (κ1) is 10.7. The third-order valence-electron chi connectivity index (χ3n) is 2.00. The van der Waals surface area contributed by atoms with Gasteiger partial charge in [0.2, 0.25) is 0 Å².